The molecule has 0 fully saturated rings. The van der Waals surface area contributed by atoms with Crippen LogP contribution in [0.5, 0.6) is 5.75 Å². The molecule has 0 saturated carbocycles. The Bertz CT molecular complexity index is 1660. The van der Waals surface area contributed by atoms with Crippen molar-refractivity contribution in [1.82, 2.24) is 4.57 Å². The van der Waals surface area contributed by atoms with Crippen molar-refractivity contribution in [3.63, 3.8) is 0 Å². The Morgan fingerprint density at radius 2 is 1.65 bits per heavy atom. The molecule has 204 valence electrons. The van der Waals surface area contributed by atoms with E-state index in [-0.39, 0.29) is 35.7 Å². The number of rotatable bonds is 10. The minimum Gasteiger partial charge on any atom is -0.495 e. The van der Waals surface area contributed by atoms with Crippen LogP contribution in [-0.4, -0.2) is 34.3 Å². The van der Waals surface area contributed by atoms with E-state index in [1.807, 2.05) is 0 Å². The molecule has 1 atom stereocenters. The molecule has 9 heteroatoms. The van der Waals surface area contributed by atoms with E-state index in [4.69, 9.17) is 27.9 Å². The number of ether oxygens (including phenoxy) is 1. The number of carbonyl (C=O) groups is 3. The van der Waals surface area contributed by atoms with Crippen molar-refractivity contribution in [2.45, 2.75) is 25.8 Å². The number of carbonyl (C=O) groups excluding carboxylic acids is 2. The number of nitrogens with zero attached hydrogens (tertiary/aromatic N) is 1. The summed E-state index contributed by atoms with van der Waals surface area (Å²) >= 11 is 12.6. The zero-order valence-electron chi connectivity index (χ0n) is 21.7. The number of carboxylic acids is 1. The van der Waals surface area contributed by atoms with Crippen molar-refractivity contribution >= 4 is 40.7 Å². The fourth-order valence-corrected chi connectivity index (χ4v) is 4.90. The second-order valence-corrected chi connectivity index (χ2v) is 10.0. The van der Waals surface area contributed by atoms with Gasteiger partial charge in [-0.15, -0.1) is 0 Å². The quantitative estimate of drug-likeness (QED) is 0.221. The highest BCUT2D eigenvalue weighted by atomic mass is 35.5. The second-order valence-electron chi connectivity index (χ2n) is 9.20. The topological polar surface area (TPSA) is 103 Å². The standard InChI is InChI=1S/C31H25Cl2NO6/c1-18(35)23-12-11-22(32)15-24(23)25-16-30(37)34(17-29(25)40-2)27(14-21-5-3-4-6-26(21)33)28(36)13-19-7-9-20(10-8-19)31(38)39/h3-12,15-17,27H,13-14H2,1-2H3,(H,38,39). The second kappa shape index (κ2) is 12.3. The van der Waals surface area contributed by atoms with E-state index in [2.05, 4.69) is 0 Å². The molecule has 0 radical (unpaired) electrons. The number of carboxylic acid groups (broad SMARTS) is 1. The summed E-state index contributed by atoms with van der Waals surface area (Å²) in [5.41, 5.74) is 2.06. The molecule has 1 heterocycles. The molecule has 0 aliphatic heterocycles. The molecule has 3 aromatic carbocycles. The lowest BCUT2D eigenvalue weighted by atomic mass is 9.95. The van der Waals surface area contributed by atoms with Gasteiger partial charge in [0.1, 0.15) is 5.75 Å². The number of halogens is 2. The van der Waals surface area contributed by atoms with Gasteiger partial charge in [-0.05, 0) is 60.0 Å². The predicted octanol–water partition coefficient (Wildman–Crippen LogP) is 6.33. The molecular weight excluding hydrogens is 553 g/mol. The maximum Gasteiger partial charge on any atom is 0.335 e. The van der Waals surface area contributed by atoms with E-state index < -0.39 is 17.6 Å². The third-order valence-corrected chi connectivity index (χ3v) is 7.18. The SMILES string of the molecule is COc1cn(C(Cc2ccccc2Cl)C(=O)Cc2ccc(C(=O)O)cc2)c(=O)cc1-c1cc(Cl)ccc1C(C)=O. The normalized spacial score (nSPS) is 11.6. The molecule has 40 heavy (non-hydrogen) atoms. The number of hydrogen-bond acceptors (Lipinski definition) is 5. The van der Waals surface area contributed by atoms with Crippen LogP contribution in [0.25, 0.3) is 11.1 Å². The van der Waals surface area contributed by atoms with Crippen molar-refractivity contribution in [1.29, 1.82) is 0 Å². The Kier molecular flexibility index (Phi) is 8.87. The number of methoxy groups -OCH3 is 1. The van der Waals surface area contributed by atoms with Crippen molar-refractivity contribution in [2.24, 2.45) is 0 Å². The first-order valence-electron chi connectivity index (χ1n) is 12.3. The molecule has 4 aromatic rings. The zero-order chi connectivity index (χ0) is 29.0. The van der Waals surface area contributed by atoms with Crippen LogP contribution in [0.15, 0.2) is 83.8 Å². The largest absolute Gasteiger partial charge is 0.495 e. The van der Waals surface area contributed by atoms with Crippen molar-refractivity contribution in [2.75, 3.05) is 7.11 Å². The van der Waals surface area contributed by atoms with E-state index in [0.29, 0.717) is 37.9 Å². The lowest BCUT2D eigenvalue weighted by molar-refractivity contribution is -0.121. The molecule has 1 aromatic heterocycles. The highest BCUT2D eigenvalue weighted by Crippen LogP contribution is 2.34. The fourth-order valence-electron chi connectivity index (χ4n) is 4.52. The summed E-state index contributed by atoms with van der Waals surface area (Å²) in [6.07, 6.45) is 1.54. The fraction of sp³-hybridized carbons (Fsp3) is 0.161. The van der Waals surface area contributed by atoms with Gasteiger partial charge in [-0.25, -0.2) is 4.79 Å². The van der Waals surface area contributed by atoms with Gasteiger partial charge in [0.25, 0.3) is 5.56 Å². The molecule has 0 aliphatic carbocycles. The van der Waals surface area contributed by atoms with Crippen molar-refractivity contribution < 1.29 is 24.2 Å². The van der Waals surface area contributed by atoms with Gasteiger partial charge in [0.15, 0.2) is 11.6 Å². The number of hydrogen-bond donors (Lipinski definition) is 1. The Hall–Kier alpha value is -4.20. The maximum absolute atomic E-state index is 13.7. The number of Topliss-reactive ketones (excluding diaryl/α,β-unsaturated/α-hetero) is 2. The number of ketones is 2. The number of benzene rings is 3. The van der Waals surface area contributed by atoms with Gasteiger partial charge in [-0.3, -0.25) is 14.4 Å². The molecule has 0 aliphatic rings. The summed E-state index contributed by atoms with van der Waals surface area (Å²) in [6, 6.07) is 18.2. The number of aromatic carboxylic acids is 1. The lowest BCUT2D eigenvalue weighted by Gasteiger charge is -2.22. The van der Waals surface area contributed by atoms with E-state index in [9.17, 15) is 24.3 Å². The van der Waals surface area contributed by atoms with E-state index in [1.54, 1.807) is 54.6 Å². The highest BCUT2D eigenvalue weighted by molar-refractivity contribution is 6.31. The molecule has 0 bridgehead atoms. The summed E-state index contributed by atoms with van der Waals surface area (Å²) in [4.78, 5) is 50.8. The maximum atomic E-state index is 13.7. The van der Waals surface area contributed by atoms with Gasteiger partial charge in [0, 0.05) is 40.1 Å². The van der Waals surface area contributed by atoms with Crippen LogP contribution in [0.2, 0.25) is 10.0 Å². The highest BCUT2D eigenvalue weighted by Gasteiger charge is 2.26. The average Bonchev–Trinajstić information content (AvgIpc) is 2.92. The molecule has 0 spiro atoms. The van der Waals surface area contributed by atoms with Crippen LogP contribution in [0.4, 0.5) is 0 Å². The molecule has 7 nitrogen and oxygen atoms in total. The molecule has 1 N–H and O–H groups in total. The van der Waals surface area contributed by atoms with E-state index >= 15 is 0 Å². The first kappa shape index (κ1) is 28.8. The Morgan fingerprint density at radius 1 is 0.950 bits per heavy atom. The van der Waals surface area contributed by atoms with Crippen LogP contribution in [0.1, 0.15) is 44.8 Å². The summed E-state index contributed by atoms with van der Waals surface area (Å²) in [7, 11) is 1.43. The third kappa shape index (κ3) is 6.33. The number of pyridine rings is 1. The van der Waals surface area contributed by atoms with E-state index in [0.717, 1.165) is 0 Å². The van der Waals surface area contributed by atoms with E-state index in [1.165, 1.54) is 43.0 Å². The van der Waals surface area contributed by atoms with Crippen molar-refractivity contribution in [3.8, 4) is 16.9 Å². The minimum absolute atomic E-state index is 0.0473. The lowest BCUT2D eigenvalue weighted by Crippen LogP contribution is -2.32. The first-order chi connectivity index (χ1) is 19.1. The van der Waals surface area contributed by atoms with Crippen LogP contribution in [-0.2, 0) is 17.6 Å². The summed E-state index contributed by atoms with van der Waals surface area (Å²) in [5, 5.41) is 10.0. The van der Waals surface area contributed by atoms with Gasteiger partial charge in [-0.1, -0.05) is 53.5 Å². The molecule has 0 amide bonds. The Morgan fingerprint density at radius 3 is 2.27 bits per heavy atom. The monoisotopic (exact) mass is 577 g/mol. The van der Waals surface area contributed by atoms with Crippen LogP contribution >= 0.6 is 23.2 Å². The van der Waals surface area contributed by atoms with Gasteiger partial charge < -0.3 is 14.4 Å². The van der Waals surface area contributed by atoms with Gasteiger partial charge in [0.2, 0.25) is 0 Å². The predicted molar refractivity (Wildman–Crippen MR) is 154 cm³/mol. The van der Waals surface area contributed by atoms with Crippen LogP contribution < -0.4 is 10.3 Å². The molecule has 4 rings (SSSR count). The smallest absolute Gasteiger partial charge is 0.335 e. The summed E-state index contributed by atoms with van der Waals surface area (Å²) in [5.74, 6) is -1.29. The molecule has 0 saturated heterocycles. The minimum atomic E-state index is -1.07. The van der Waals surface area contributed by atoms with Gasteiger partial charge in [-0.2, -0.15) is 0 Å². The van der Waals surface area contributed by atoms with Crippen molar-refractivity contribution in [3.05, 3.63) is 122 Å². The zero-order valence-corrected chi connectivity index (χ0v) is 23.2. The van der Waals surface area contributed by atoms with Crippen LogP contribution in [0.3, 0.4) is 0 Å². The average molecular weight is 578 g/mol. The first-order valence-corrected chi connectivity index (χ1v) is 13.0. The molecule has 1 unspecified atom stereocenters. The van der Waals surface area contributed by atoms with Gasteiger partial charge >= 0.3 is 5.97 Å². The molecular formula is C31H25Cl2NO6. The van der Waals surface area contributed by atoms with Gasteiger partial charge in [0.05, 0.1) is 24.9 Å². The van der Waals surface area contributed by atoms with Crippen LogP contribution in [0, 0.1) is 0 Å². The summed E-state index contributed by atoms with van der Waals surface area (Å²) < 4.78 is 6.92. The Balaban J connectivity index is 1.81. The summed E-state index contributed by atoms with van der Waals surface area (Å²) in [6.45, 7) is 1.42. The number of aromatic nitrogens is 1. The Labute approximate surface area is 240 Å². The third-order valence-electron chi connectivity index (χ3n) is 6.57.